The first-order chi connectivity index (χ1) is 10.7. The number of aromatic amines is 1. The first-order valence-corrected chi connectivity index (χ1v) is 7.94. The zero-order chi connectivity index (χ0) is 15.4. The van der Waals surface area contributed by atoms with E-state index in [-0.39, 0.29) is 5.82 Å². The summed E-state index contributed by atoms with van der Waals surface area (Å²) in [7, 11) is 0. The fraction of sp³-hybridized carbons (Fsp3) is 0.471. The smallest absolute Gasteiger partial charge is 0.123 e. The number of imidazole rings is 1. The van der Waals surface area contributed by atoms with Gasteiger partial charge in [-0.15, -0.1) is 0 Å². The number of anilines is 1. The first-order valence-electron chi connectivity index (χ1n) is 7.94. The topological polar surface area (TPSA) is 44.0 Å². The molecule has 2 heterocycles. The molecule has 118 valence electrons. The second kappa shape index (κ2) is 6.92. The van der Waals surface area contributed by atoms with E-state index in [4.69, 9.17) is 0 Å². The van der Waals surface area contributed by atoms with E-state index in [2.05, 4.69) is 20.2 Å². The molecule has 1 fully saturated rings. The van der Waals surface area contributed by atoms with E-state index in [0.29, 0.717) is 6.04 Å². The van der Waals surface area contributed by atoms with Crippen LogP contribution in [-0.4, -0.2) is 35.6 Å². The lowest BCUT2D eigenvalue weighted by atomic mass is 10.0. The van der Waals surface area contributed by atoms with Gasteiger partial charge < -0.3 is 15.2 Å². The van der Waals surface area contributed by atoms with E-state index in [1.807, 2.05) is 19.2 Å². The minimum atomic E-state index is -0.156. The molecule has 2 N–H and O–H groups in total. The Morgan fingerprint density at radius 2 is 2.18 bits per heavy atom. The zero-order valence-electron chi connectivity index (χ0n) is 13.0. The molecule has 2 aromatic rings. The van der Waals surface area contributed by atoms with Crippen LogP contribution in [0.15, 0.2) is 30.7 Å². The summed E-state index contributed by atoms with van der Waals surface area (Å²) in [6.07, 6.45) is 6.83. The standard InChI is InChI=1S/C17H23FN4/c1-13-10-14(18)2-3-17(13)22-8-5-15(6-9-22)20-7-4-16-11-19-12-21-16/h2-3,10-12,15,20H,4-9H2,1H3,(H,19,21). The maximum absolute atomic E-state index is 13.2. The number of aryl methyl sites for hydroxylation is 1. The van der Waals surface area contributed by atoms with Gasteiger partial charge >= 0.3 is 0 Å². The molecule has 0 atom stereocenters. The van der Waals surface area contributed by atoms with Crippen LogP contribution in [0.5, 0.6) is 0 Å². The number of H-pyrrole nitrogens is 1. The SMILES string of the molecule is Cc1cc(F)ccc1N1CCC(NCCc2cnc[nH]2)CC1. The first kappa shape index (κ1) is 15.0. The van der Waals surface area contributed by atoms with Gasteiger partial charge in [-0.25, -0.2) is 9.37 Å². The highest BCUT2D eigenvalue weighted by Gasteiger charge is 2.20. The van der Waals surface area contributed by atoms with Crippen molar-refractivity contribution in [3.8, 4) is 0 Å². The third kappa shape index (κ3) is 3.65. The van der Waals surface area contributed by atoms with E-state index in [9.17, 15) is 4.39 Å². The fourth-order valence-corrected chi connectivity index (χ4v) is 3.13. The number of aromatic nitrogens is 2. The molecule has 4 nitrogen and oxygen atoms in total. The molecule has 5 heteroatoms. The number of piperidine rings is 1. The molecule has 3 rings (SSSR count). The van der Waals surface area contributed by atoms with E-state index < -0.39 is 0 Å². The lowest BCUT2D eigenvalue weighted by Gasteiger charge is -2.35. The van der Waals surface area contributed by atoms with Crippen LogP contribution in [0, 0.1) is 12.7 Å². The molecule has 0 bridgehead atoms. The van der Waals surface area contributed by atoms with Gasteiger partial charge in [-0.1, -0.05) is 0 Å². The summed E-state index contributed by atoms with van der Waals surface area (Å²) in [5.74, 6) is -0.156. The second-order valence-electron chi connectivity index (χ2n) is 5.97. The van der Waals surface area contributed by atoms with E-state index in [1.54, 1.807) is 18.5 Å². The predicted molar refractivity (Wildman–Crippen MR) is 86.7 cm³/mol. The van der Waals surface area contributed by atoms with Crippen LogP contribution in [-0.2, 0) is 6.42 Å². The van der Waals surface area contributed by atoms with Gasteiger partial charge in [0.05, 0.1) is 6.33 Å². The average Bonchev–Trinajstić information content (AvgIpc) is 3.02. The molecule has 1 aliphatic heterocycles. The quantitative estimate of drug-likeness (QED) is 0.892. The van der Waals surface area contributed by atoms with Gasteiger partial charge in [0.1, 0.15) is 5.82 Å². The number of halogens is 1. The van der Waals surface area contributed by atoms with Crippen molar-refractivity contribution in [2.24, 2.45) is 0 Å². The van der Waals surface area contributed by atoms with Crippen LogP contribution in [0.3, 0.4) is 0 Å². The van der Waals surface area contributed by atoms with Crippen molar-refractivity contribution in [1.29, 1.82) is 0 Å². The van der Waals surface area contributed by atoms with Crippen molar-refractivity contribution >= 4 is 5.69 Å². The summed E-state index contributed by atoms with van der Waals surface area (Å²) in [5.41, 5.74) is 3.36. The van der Waals surface area contributed by atoms with Crippen molar-refractivity contribution in [3.63, 3.8) is 0 Å². The molecule has 22 heavy (non-hydrogen) atoms. The summed E-state index contributed by atoms with van der Waals surface area (Å²) in [5, 5.41) is 3.62. The summed E-state index contributed by atoms with van der Waals surface area (Å²) in [4.78, 5) is 9.52. The Labute approximate surface area is 130 Å². The van der Waals surface area contributed by atoms with Crippen LogP contribution >= 0.6 is 0 Å². The number of hydrogen-bond acceptors (Lipinski definition) is 3. The summed E-state index contributed by atoms with van der Waals surface area (Å²) >= 11 is 0. The van der Waals surface area contributed by atoms with Crippen molar-refractivity contribution < 1.29 is 4.39 Å². The number of rotatable bonds is 5. The number of nitrogens with zero attached hydrogens (tertiary/aromatic N) is 2. The molecule has 1 saturated heterocycles. The van der Waals surface area contributed by atoms with Crippen LogP contribution in [0.1, 0.15) is 24.1 Å². The summed E-state index contributed by atoms with van der Waals surface area (Å²) < 4.78 is 13.2. The molecule has 1 aromatic heterocycles. The van der Waals surface area contributed by atoms with Gasteiger partial charge in [0, 0.05) is 49.7 Å². The second-order valence-corrected chi connectivity index (χ2v) is 5.97. The Morgan fingerprint density at radius 3 is 2.86 bits per heavy atom. The van der Waals surface area contributed by atoms with Gasteiger partial charge in [0.25, 0.3) is 0 Å². The lowest BCUT2D eigenvalue weighted by molar-refractivity contribution is 0.417. The Bertz CT molecular complexity index is 589. The minimum Gasteiger partial charge on any atom is -0.371 e. The molecule has 0 spiro atoms. The molecule has 0 saturated carbocycles. The zero-order valence-corrected chi connectivity index (χ0v) is 13.0. The predicted octanol–water partition coefficient (Wildman–Crippen LogP) is 2.66. The lowest BCUT2D eigenvalue weighted by Crippen LogP contribution is -2.43. The molecule has 1 aliphatic rings. The molecule has 1 aromatic carbocycles. The third-order valence-electron chi connectivity index (χ3n) is 4.38. The van der Waals surface area contributed by atoms with E-state index in [0.717, 1.165) is 50.1 Å². The van der Waals surface area contributed by atoms with Gasteiger partial charge in [-0.2, -0.15) is 0 Å². The Hall–Kier alpha value is -1.88. The summed E-state index contributed by atoms with van der Waals surface area (Å²) in [6.45, 7) is 5.00. The van der Waals surface area contributed by atoms with Crippen LogP contribution in [0.4, 0.5) is 10.1 Å². The normalized spacial score (nSPS) is 16.2. The maximum atomic E-state index is 13.2. The third-order valence-corrected chi connectivity index (χ3v) is 4.38. The Kier molecular flexibility index (Phi) is 4.73. The highest BCUT2D eigenvalue weighted by atomic mass is 19.1. The van der Waals surface area contributed by atoms with Crippen molar-refractivity contribution in [2.75, 3.05) is 24.5 Å². The van der Waals surface area contributed by atoms with Crippen molar-refractivity contribution in [3.05, 3.63) is 47.8 Å². The van der Waals surface area contributed by atoms with Gasteiger partial charge in [-0.3, -0.25) is 0 Å². The molecule has 0 radical (unpaired) electrons. The van der Waals surface area contributed by atoms with Crippen molar-refractivity contribution in [2.45, 2.75) is 32.2 Å². The van der Waals surface area contributed by atoms with Gasteiger partial charge in [0.2, 0.25) is 0 Å². The van der Waals surface area contributed by atoms with E-state index >= 15 is 0 Å². The maximum Gasteiger partial charge on any atom is 0.123 e. The molecular formula is C17H23FN4. The van der Waals surface area contributed by atoms with Gasteiger partial charge in [0.15, 0.2) is 0 Å². The van der Waals surface area contributed by atoms with Gasteiger partial charge in [-0.05, 0) is 43.5 Å². The molecule has 0 amide bonds. The van der Waals surface area contributed by atoms with Crippen molar-refractivity contribution in [1.82, 2.24) is 15.3 Å². The molecule has 0 unspecified atom stereocenters. The fourth-order valence-electron chi connectivity index (χ4n) is 3.13. The highest BCUT2D eigenvalue weighted by Crippen LogP contribution is 2.24. The number of nitrogens with one attached hydrogen (secondary N) is 2. The average molecular weight is 302 g/mol. The largest absolute Gasteiger partial charge is 0.371 e. The highest BCUT2D eigenvalue weighted by molar-refractivity contribution is 5.53. The van der Waals surface area contributed by atoms with Crippen LogP contribution in [0.25, 0.3) is 0 Å². The van der Waals surface area contributed by atoms with E-state index in [1.165, 1.54) is 5.69 Å². The molecule has 0 aliphatic carbocycles. The van der Waals surface area contributed by atoms with Crippen LogP contribution < -0.4 is 10.2 Å². The van der Waals surface area contributed by atoms with Crippen LogP contribution in [0.2, 0.25) is 0 Å². The summed E-state index contributed by atoms with van der Waals surface area (Å²) in [6, 6.07) is 5.64. The monoisotopic (exact) mass is 302 g/mol. The Morgan fingerprint density at radius 1 is 1.36 bits per heavy atom. The number of benzene rings is 1. The molecular weight excluding hydrogens is 279 g/mol. The minimum absolute atomic E-state index is 0.156. The number of hydrogen-bond donors (Lipinski definition) is 2. The Balaban J connectivity index is 1.46.